The number of aliphatic hydroxyl groups excluding tert-OH is 1. The van der Waals surface area contributed by atoms with Gasteiger partial charge in [-0.15, -0.1) is 0 Å². The van der Waals surface area contributed by atoms with Crippen LogP contribution in [0.5, 0.6) is 5.75 Å². The van der Waals surface area contributed by atoms with E-state index in [1.165, 1.54) is 39.5 Å². The van der Waals surface area contributed by atoms with E-state index >= 15 is 0 Å². The smallest absolute Gasteiger partial charge is 0.321 e. The molecule has 0 unspecified atom stereocenters. The van der Waals surface area contributed by atoms with Gasteiger partial charge in [-0.25, -0.2) is 17.6 Å². The van der Waals surface area contributed by atoms with Crippen LogP contribution in [0.2, 0.25) is 0 Å². The molecule has 0 aliphatic carbocycles. The van der Waals surface area contributed by atoms with E-state index in [-0.39, 0.29) is 36.3 Å². The summed E-state index contributed by atoms with van der Waals surface area (Å²) in [6, 6.07) is 19.0. The Kier molecular flexibility index (Phi) is 9.24. The lowest BCUT2D eigenvalue weighted by atomic mass is 10.0. The Balaban J connectivity index is 1.64. The number of aliphatic hydroxyl groups is 1. The summed E-state index contributed by atoms with van der Waals surface area (Å²) in [5, 5.41) is 12.6. The summed E-state index contributed by atoms with van der Waals surface area (Å²) in [7, 11) is -2.37. The number of likely N-dealkylation sites (N-methyl/N-ethyl adjacent to an activating group) is 1. The highest BCUT2D eigenvalue weighted by atomic mass is 32.2. The van der Waals surface area contributed by atoms with E-state index in [0.29, 0.717) is 5.69 Å². The number of ether oxygens (including phenoxy) is 1. The number of sulfonamides is 1. The molecule has 0 spiro atoms. The molecule has 0 radical (unpaired) electrons. The number of carbonyl (C=O) groups excluding carboxylic acids is 1. The first kappa shape index (κ1) is 29.3. The van der Waals surface area contributed by atoms with Crippen LogP contribution in [0.3, 0.4) is 0 Å². The zero-order valence-corrected chi connectivity index (χ0v) is 23.5. The molecule has 1 aliphatic rings. The molecule has 2 amide bonds. The fourth-order valence-electron chi connectivity index (χ4n) is 4.43. The Morgan fingerprint density at radius 2 is 1.80 bits per heavy atom. The number of amides is 2. The van der Waals surface area contributed by atoms with E-state index in [9.17, 15) is 22.7 Å². The van der Waals surface area contributed by atoms with Crippen molar-refractivity contribution in [3.63, 3.8) is 0 Å². The van der Waals surface area contributed by atoms with Gasteiger partial charge in [-0.1, -0.05) is 55.5 Å². The Hall–Kier alpha value is -3.73. The van der Waals surface area contributed by atoms with Crippen molar-refractivity contribution in [3.8, 4) is 5.75 Å². The van der Waals surface area contributed by atoms with Gasteiger partial charge in [0.15, 0.2) is 0 Å². The van der Waals surface area contributed by atoms with Crippen molar-refractivity contribution in [3.05, 3.63) is 89.7 Å². The zero-order chi connectivity index (χ0) is 28.9. The number of carbonyl (C=O) groups is 1. The van der Waals surface area contributed by atoms with E-state index in [0.717, 1.165) is 11.1 Å². The van der Waals surface area contributed by atoms with Gasteiger partial charge in [0.25, 0.3) is 0 Å². The molecule has 4 rings (SSSR count). The van der Waals surface area contributed by atoms with Crippen molar-refractivity contribution in [1.82, 2.24) is 9.21 Å². The standard InChI is InChI=1S/C30H34FN3O5S/c1-21-18-34(22(2)20-35)40(37,38)29-16-11-24(10-9-23-7-5-4-6-8-23)17-27(29)39-28(21)19-33(3)30(36)32-26-14-12-25(31)13-15-26/h4-17,21-22,28,35H,18-20H2,1-3H3,(H,32,36)/b10-9+/t21-,22-,28+/m0/s1. The highest BCUT2D eigenvalue weighted by molar-refractivity contribution is 7.89. The minimum Gasteiger partial charge on any atom is -0.487 e. The lowest BCUT2D eigenvalue weighted by molar-refractivity contribution is 0.0830. The van der Waals surface area contributed by atoms with Crippen molar-refractivity contribution < 1.29 is 27.4 Å². The van der Waals surface area contributed by atoms with E-state index in [1.807, 2.05) is 49.4 Å². The second-order valence-corrected chi connectivity index (χ2v) is 11.9. The average molecular weight is 568 g/mol. The fraction of sp³-hybridized carbons (Fsp3) is 0.300. The number of halogens is 1. The molecule has 40 heavy (non-hydrogen) atoms. The number of nitrogens with zero attached hydrogens (tertiary/aromatic N) is 2. The highest BCUT2D eigenvalue weighted by Gasteiger charge is 2.38. The molecule has 8 nitrogen and oxygen atoms in total. The molecular formula is C30H34FN3O5S. The van der Waals surface area contributed by atoms with Gasteiger partial charge in [-0.05, 0) is 54.4 Å². The Labute approximate surface area is 234 Å². The normalized spacial score (nSPS) is 19.6. The first-order valence-electron chi connectivity index (χ1n) is 13.0. The van der Waals surface area contributed by atoms with Crippen LogP contribution in [0.1, 0.15) is 25.0 Å². The van der Waals surface area contributed by atoms with Crippen molar-refractivity contribution in [2.24, 2.45) is 5.92 Å². The van der Waals surface area contributed by atoms with Gasteiger partial charge >= 0.3 is 6.03 Å². The summed E-state index contributed by atoms with van der Waals surface area (Å²) in [4.78, 5) is 14.3. The monoisotopic (exact) mass is 567 g/mol. The summed E-state index contributed by atoms with van der Waals surface area (Å²) >= 11 is 0. The summed E-state index contributed by atoms with van der Waals surface area (Å²) < 4.78 is 48.3. The van der Waals surface area contributed by atoms with Gasteiger partial charge in [0.2, 0.25) is 10.0 Å². The van der Waals surface area contributed by atoms with Gasteiger partial charge in [0, 0.05) is 31.2 Å². The average Bonchev–Trinajstić information content (AvgIpc) is 2.95. The first-order valence-corrected chi connectivity index (χ1v) is 14.5. The Bertz CT molecular complexity index is 1450. The van der Waals surface area contributed by atoms with E-state index < -0.39 is 34.0 Å². The molecule has 0 saturated heterocycles. The van der Waals surface area contributed by atoms with Crippen LogP contribution in [-0.4, -0.2) is 67.7 Å². The second-order valence-electron chi connectivity index (χ2n) is 10.0. The lowest BCUT2D eigenvalue weighted by Gasteiger charge is -2.37. The molecule has 0 bridgehead atoms. The summed E-state index contributed by atoms with van der Waals surface area (Å²) in [6.45, 7) is 3.41. The predicted molar refractivity (Wildman–Crippen MR) is 154 cm³/mol. The van der Waals surface area contributed by atoms with Gasteiger partial charge in [-0.3, -0.25) is 0 Å². The third kappa shape index (κ3) is 6.88. The predicted octanol–water partition coefficient (Wildman–Crippen LogP) is 4.93. The maximum atomic E-state index is 13.7. The molecule has 1 heterocycles. The largest absolute Gasteiger partial charge is 0.487 e. The molecule has 3 aromatic carbocycles. The van der Waals surface area contributed by atoms with Crippen LogP contribution in [0.15, 0.2) is 77.7 Å². The van der Waals surface area contributed by atoms with E-state index in [2.05, 4.69) is 5.32 Å². The molecule has 3 aromatic rings. The minimum absolute atomic E-state index is 0.0000205. The van der Waals surface area contributed by atoms with Crippen LogP contribution < -0.4 is 10.1 Å². The number of hydrogen-bond donors (Lipinski definition) is 2. The van der Waals surface area contributed by atoms with Gasteiger partial charge < -0.3 is 20.1 Å². The van der Waals surface area contributed by atoms with Gasteiger partial charge in [0.05, 0.1) is 13.2 Å². The van der Waals surface area contributed by atoms with E-state index in [1.54, 1.807) is 26.1 Å². The summed E-state index contributed by atoms with van der Waals surface area (Å²) in [6.07, 6.45) is 3.23. The minimum atomic E-state index is -3.98. The fourth-order valence-corrected chi connectivity index (χ4v) is 6.25. The quantitative estimate of drug-likeness (QED) is 0.395. The molecule has 212 valence electrons. The Morgan fingerprint density at radius 1 is 1.12 bits per heavy atom. The molecule has 10 heteroatoms. The first-order chi connectivity index (χ1) is 19.1. The number of anilines is 1. The second kappa shape index (κ2) is 12.6. The number of fused-ring (bicyclic) bond motifs is 1. The van der Waals surface area contributed by atoms with Crippen LogP contribution in [0.25, 0.3) is 12.2 Å². The van der Waals surface area contributed by atoms with Gasteiger partial charge in [-0.2, -0.15) is 4.31 Å². The highest BCUT2D eigenvalue weighted by Crippen LogP contribution is 2.34. The molecule has 1 aliphatic heterocycles. The number of urea groups is 1. The molecular weight excluding hydrogens is 533 g/mol. The topological polar surface area (TPSA) is 99.2 Å². The third-order valence-corrected chi connectivity index (χ3v) is 8.87. The molecule has 0 saturated carbocycles. The molecule has 0 aromatic heterocycles. The van der Waals surface area contributed by atoms with Crippen molar-refractivity contribution in [1.29, 1.82) is 0 Å². The van der Waals surface area contributed by atoms with Crippen molar-refractivity contribution >= 4 is 33.9 Å². The summed E-state index contributed by atoms with van der Waals surface area (Å²) in [5.74, 6) is -0.563. The maximum absolute atomic E-state index is 13.7. The van der Waals surface area contributed by atoms with Crippen molar-refractivity contribution in [2.45, 2.75) is 30.9 Å². The zero-order valence-electron chi connectivity index (χ0n) is 22.7. The van der Waals surface area contributed by atoms with Crippen LogP contribution in [-0.2, 0) is 10.0 Å². The number of hydrogen-bond acceptors (Lipinski definition) is 5. The third-order valence-electron chi connectivity index (χ3n) is 6.85. The number of rotatable bonds is 7. The van der Waals surface area contributed by atoms with Crippen molar-refractivity contribution in [2.75, 3.05) is 32.1 Å². The number of nitrogens with one attached hydrogen (secondary N) is 1. The van der Waals surface area contributed by atoms with E-state index in [4.69, 9.17) is 4.74 Å². The number of benzene rings is 3. The maximum Gasteiger partial charge on any atom is 0.321 e. The molecule has 3 atom stereocenters. The van der Waals surface area contributed by atoms with Gasteiger partial charge in [0.1, 0.15) is 22.6 Å². The lowest BCUT2D eigenvalue weighted by Crippen LogP contribution is -2.50. The molecule has 0 fully saturated rings. The SMILES string of the molecule is C[C@H]1CN([C@@H](C)CO)S(=O)(=O)c2ccc(/C=C/c3ccccc3)cc2O[C@@H]1CN(C)C(=O)Nc1ccc(F)cc1. The van der Waals surface area contributed by atoms with Crippen LogP contribution in [0, 0.1) is 11.7 Å². The van der Waals surface area contributed by atoms with Crippen LogP contribution in [0.4, 0.5) is 14.9 Å². The molecule has 2 N–H and O–H groups in total. The van der Waals surface area contributed by atoms with Crippen LogP contribution >= 0.6 is 0 Å². The summed E-state index contributed by atoms with van der Waals surface area (Å²) in [5.41, 5.74) is 2.18. The Morgan fingerprint density at radius 3 is 2.48 bits per heavy atom.